The summed E-state index contributed by atoms with van der Waals surface area (Å²) in [6.07, 6.45) is -0.777. The summed E-state index contributed by atoms with van der Waals surface area (Å²) in [5, 5.41) is 0. The third-order valence-electron chi connectivity index (χ3n) is 4.14. The van der Waals surface area contributed by atoms with Gasteiger partial charge >= 0.3 is 0 Å². The quantitative estimate of drug-likeness (QED) is 0.623. The smallest absolute Gasteiger partial charge is 0.279 e. The van der Waals surface area contributed by atoms with Crippen molar-refractivity contribution in [3.63, 3.8) is 0 Å². The lowest BCUT2D eigenvalue weighted by Crippen LogP contribution is -2.47. The highest BCUT2D eigenvalue weighted by Gasteiger charge is 2.16. The van der Waals surface area contributed by atoms with Crippen molar-refractivity contribution in [1.29, 1.82) is 0 Å². The number of halogens is 1. The second-order valence-corrected chi connectivity index (χ2v) is 7.00. The fourth-order valence-corrected chi connectivity index (χ4v) is 2.93. The largest absolute Gasteiger partial charge is 0.481 e. The molecular weight excluding hydrogens is 412 g/mol. The number of rotatable bonds is 4. The fourth-order valence-electron chi connectivity index (χ4n) is 2.55. The standard InChI is InChI=1S/C19H19BrN4O3/c1-11(27-15-6-4-5-14(20)10-15)18(25)22-23-19(26)13-7-8-17-16(9-13)21-12(2)24(17)3/h4-11H,1-3H3,(H,22,25)(H,23,26). The van der Waals surface area contributed by atoms with Gasteiger partial charge in [-0.05, 0) is 50.2 Å². The topological polar surface area (TPSA) is 85.2 Å². The Bertz CT molecular complexity index is 1020. The number of ether oxygens (including phenoxy) is 1. The molecule has 1 heterocycles. The van der Waals surface area contributed by atoms with Crippen LogP contribution in [0.4, 0.5) is 0 Å². The number of carbonyl (C=O) groups excluding carboxylic acids is 2. The molecule has 0 aliphatic carbocycles. The Balaban J connectivity index is 1.60. The summed E-state index contributed by atoms with van der Waals surface area (Å²) < 4.78 is 8.35. The number of aryl methyl sites for hydroxylation is 2. The molecule has 0 spiro atoms. The molecule has 1 atom stereocenters. The summed E-state index contributed by atoms with van der Waals surface area (Å²) in [5.74, 6) is 0.519. The van der Waals surface area contributed by atoms with Crippen molar-refractivity contribution in [3.05, 3.63) is 58.3 Å². The van der Waals surface area contributed by atoms with Gasteiger partial charge in [0.25, 0.3) is 11.8 Å². The predicted octanol–water partition coefficient (Wildman–Crippen LogP) is 2.87. The average Bonchev–Trinajstić information content (AvgIpc) is 2.92. The maximum atomic E-state index is 12.3. The van der Waals surface area contributed by atoms with Gasteiger partial charge in [0, 0.05) is 17.1 Å². The third-order valence-corrected chi connectivity index (χ3v) is 4.64. The molecule has 1 unspecified atom stereocenters. The first-order valence-electron chi connectivity index (χ1n) is 8.30. The minimum absolute atomic E-state index is 0.404. The molecule has 1 aromatic heterocycles. The number of nitrogens with one attached hydrogen (secondary N) is 2. The molecule has 0 aliphatic rings. The molecule has 2 N–H and O–H groups in total. The van der Waals surface area contributed by atoms with E-state index in [1.807, 2.05) is 30.7 Å². The Morgan fingerprint density at radius 3 is 2.70 bits per heavy atom. The molecule has 8 heteroatoms. The Hall–Kier alpha value is -2.87. The van der Waals surface area contributed by atoms with Gasteiger partial charge < -0.3 is 9.30 Å². The Kier molecular flexibility index (Phi) is 5.46. The molecule has 140 valence electrons. The van der Waals surface area contributed by atoms with E-state index in [1.165, 1.54) is 0 Å². The second-order valence-electron chi connectivity index (χ2n) is 6.08. The lowest BCUT2D eigenvalue weighted by atomic mass is 10.2. The van der Waals surface area contributed by atoms with Crippen LogP contribution in [-0.4, -0.2) is 27.5 Å². The van der Waals surface area contributed by atoms with E-state index in [2.05, 4.69) is 31.8 Å². The Labute approximate surface area is 164 Å². The van der Waals surface area contributed by atoms with Crippen LogP contribution in [0.25, 0.3) is 11.0 Å². The van der Waals surface area contributed by atoms with Crippen LogP contribution in [0.15, 0.2) is 46.9 Å². The van der Waals surface area contributed by atoms with Crippen molar-refractivity contribution >= 4 is 38.8 Å². The van der Waals surface area contributed by atoms with Gasteiger partial charge in [0.2, 0.25) is 0 Å². The number of hydrogen-bond acceptors (Lipinski definition) is 4. The van der Waals surface area contributed by atoms with Crippen LogP contribution >= 0.6 is 15.9 Å². The molecule has 0 radical (unpaired) electrons. The number of imidazole rings is 1. The van der Waals surface area contributed by atoms with Crippen LogP contribution in [0.2, 0.25) is 0 Å². The maximum absolute atomic E-state index is 12.3. The summed E-state index contributed by atoms with van der Waals surface area (Å²) >= 11 is 3.34. The average molecular weight is 431 g/mol. The molecule has 3 aromatic rings. The minimum atomic E-state index is -0.777. The molecule has 0 saturated heterocycles. The highest BCUT2D eigenvalue weighted by atomic mass is 79.9. The zero-order valence-electron chi connectivity index (χ0n) is 15.1. The monoisotopic (exact) mass is 430 g/mol. The number of nitrogens with zero attached hydrogens (tertiary/aromatic N) is 2. The van der Waals surface area contributed by atoms with Gasteiger partial charge in [0.15, 0.2) is 6.10 Å². The first kappa shape index (κ1) is 18.9. The molecule has 7 nitrogen and oxygen atoms in total. The van der Waals surface area contributed by atoms with Gasteiger partial charge in [-0.25, -0.2) is 4.98 Å². The number of hydrazine groups is 1. The number of amides is 2. The number of benzene rings is 2. The molecule has 0 bridgehead atoms. The van der Waals surface area contributed by atoms with Crippen molar-refractivity contribution < 1.29 is 14.3 Å². The first-order chi connectivity index (χ1) is 12.8. The summed E-state index contributed by atoms with van der Waals surface area (Å²) in [6, 6.07) is 12.4. The van der Waals surface area contributed by atoms with Crippen LogP contribution in [0.3, 0.4) is 0 Å². The Morgan fingerprint density at radius 1 is 1.19 bits per heavy atom. The van der Waals surface area contributed by atoms with Crippen LogP contribution in [0, 0.1) is 6.92 Å². The van der Waals surface area contributed by atoms with Gasteiger partial charge in [-0.15, -0.1) is 0 Å². The van der Waals surface area contributed by atoms with E-state index < -0.39 is 17.9 Å². The molecule has 0 aliphatic heterocycles. The van der Waals surface area contributed by atoms with E-state index in [-0.39, 0.29) is 0 Å². The highest BCUT2D eigenvalue weighted by molar-refractivity contribution is 9.10. The predicted molar refractivity (Wildman–Crippen MR) is 105 cm³/mol. The second kappa shape index (κ2) is 7.79. The lowest BCUT2D eigenvalue weighted by Gasteiger charge is -2.15. The maximum Gasteiger partial charge on any atom is 0.279 e. The number of aromatic nitrogens is 2. The fraction of sp³-hybridized carbons (Fsp3) is 0.211. The van der Waals surface area contributed by atoms with E-state index in [0.717, 1.165) is 21.3 Å². The van der Waals surface area contributed by atoms with Crippen LogP contribution < -0.4 is 15.6 Å². The molecule has 3 rings (SSSR count). The normalized spacial score (nSPS) is 11.9. The summed E-state index contributed by atoms with van der Waals surface area (Å²) in [5.41, 5.74) is 6.84. The minimum Gasteiger partial charge on any atom is -0.481 e. The zero-order chi connectivity index (χ0) is 19.6. The molecule has 0 fully saturated rings. The van der Waals surface area contributed by atoms with Gasteiger partial charge in [-0.2, -0.15) is 0 Å². The molecule has 2 aromatic carbocycles. The molecule has 27 heavy (non-hydrogen) atoms. The van der Waals surface area contributed by atoms with Crippen molar-refractivity contribution in [2.45, 2.75) is 20.0 Å². The van der Waals surface area contributed by atoms with Crippen LogP contribution in [0.5, 0.6) is 5.75 Å². The van der Waals surface area contributed by atoms with Crippen molar-refractivity contribution in [2.75, 3.05) is 0 Å². The summed E-state index contributed by atoms with van der Waals surface area (Å²) in [6.45, 7) is 3.50. The van der Waals surface area contributed by atoms with Crippen molar-refractivity contribution in [2.24, 2.45) is 7.05 Å². The molecular formula is C19H19BrN4O3. The first-order valence-corrected chi connectivity index (χ1v) is 9.10. The van der Waals surface area contributed by atoms with Crippen molar-refractivity contribution in [1.82, 2.24) is 20.4 Å². The SMILES string of the molecule is Cc1nc2cc(C(=O)NNC(=O)C(C)Oc3cccc(Br)c3)ccc2n1C. The van der Waals surface area contributed by atoms with Gasteiger partial charge in [-0.1, -0.05) is 22.0 Å². The zero-order valence-corrected chi connectivity index (χ0v) is 16.7. The van der Waals surface area contributed by atoms with Gasteiger partial charge in [0.1, 0.15) is 11.6 Å². The van der Waals surface area contributed by atoms with E-state index >= 15 is 0 Å². The summed E-state index contributed by atoms with van der Waals surface area (Å²) in [7, 11) is 1.91. The number of hydrogen-bond donors (Lipinski definition) is 2. The highest BCUT2D eigenvalue weighted by Crippen LogP contribution is 2.19. The van der Waals surface area contributed by atoms with Crippen LogP contribution in [0.1, 0.15) is 23.1 Å². The number of fused-ring (bicyclic) bond motifs is 1. The van der Waals surface area contributed by atoms with Crippen molar-refractivity contribution in [3.8, 4) is 5.75 Å². The lowest BCUT2D eigenvalue weighted by molar-refractivity contribution is -0.128. The van der Waals surface area contributed by atoms with E-state index in [4.69, 9.17) is 4.74 Å². The van der Waals surface area contributed by atoms with E-state index in [9.17, 15) is 9.59 Å². The van der Waals surface area contributed by atoms with E-state index in [1.54, 1.807) is 37.3 Å². The van der Waals surface area contributed by atoms with Gasteiger partial charge in [0.05, 0.1) is 11.0 Å². The Morgan fingerprint density at radius 2 is 1.96 bits per heavy atom. The molecule has 0 saturated carbocycles. The number of carbonyl (C=O) groups is 2. The molecule has 2 amide bonds. The van der Waals surface area contributed by atoms with Crippen LogP contribution in [-0.2, 0) is 11.8 Å². The third kappa shape index (κ3) is 4.28. The van der Waals surface area contributed by atoms with Gasteiger partial charge in [-0.3, -0.25) is 20.4 Å². The van der Waals surface area contributed by atoms with E-state index in [0.29, 0.717) is 11.3 Å². The summed E-state index contributed by atoms with van der Waals surface area (Å²) in [4.78, 5) is 28.9.